The van der Waals surface area contributed by atoms with E-state index in [0.717, 1.165) is 38.8 Å². The van der Waals surface area contributed by atoms with Crippen LogP contribution in [-0.2, 0) is 9.59 Å². The molecule has 21 heavy (non-hydrogen) atoms. The highest BCUT2D eigenvalue weighted by Gasteiger charge is 2.32. The van der Waals surface area contributed by atoms with Crippen molar-refractivity contribution < 1.29 is 9.59 Å². The van der Waals surface area contributed by atoms with Gasteiger partial charge in [0, 0.05) is 32.1 Å². The van der Waals surface area contributed by atoms with Gasteiger partial charge in [-0.05, 0) is 32.6 Å². The third kappa shape index (κ3) is 3.73. The second-order valence-corrected chi connectivity index (χ2v) is 6.14. The van der Waals surface area contributed by atoms with Crippen LogP contribution >= 0.6 is 0 Å². The molecule has 116 valence electrons. The lowest BCUT2D eigenvalue weighted by Gasteiger charge is -2.38. The van der Waals surface area contributed by atoms with Crippen molar-refractivity contribution in [3.63, 3.8) is 0 Å². The quantitative estimate of drug-likeness (QED) is 0.812. The molecule has 2 aliphatic rings. The van der Waals surface area contributed by atoms with E-state index in [0.29, 0.717) is 13.1 Å². The van der Waals surface area contributed by atoms with E-state index in [1.165, 1.54) is 0 Å². The van der Waals surface area contributed by atoms with Crippen LogP contribution in [0.4, 0.5) is 0 Å². The molecular formula is C15H24N4O2. The van der Waals surface area contributed by atoms with Crippen molar-refractivity contribution >= 4 is 11.8 Å². The van der Waals surface area contributed by atoms with E-state index in [1.807, 2.05) is 6.92 Å². The van der Waals surface area contributed by atoms with Gasteiger partial charge in [-0.25, -0.2) is 0 Å². The van der Waals surface area contributed by atoms with Gasteiger partial charge < -0.3 is 10.6 Å². The Morgan fingerprint density at radius 2 is 1.90 bits per heavy atom. The van der Waals surface area contributed by atoms with E-state index in [9.17, 15) is 9.59 Å². The number of likely N-dealkylation sites (tertiary alicyclic amines) is 2. The summed E-state index contributed by atoms with van der Waals surface area (Å²) in [6, 6.07) is 2.12. The molecule has 6 heteroatoms. The topological polar surface area (TPSA) is 90.4 Å². The SMILES string of the molecule is CC(C(=O)N1CCCC(C(N)=O)C1)N1CCC(C#N)CC1. The first-order valence-corrected chi connectivity index (χ1v) is 7.74. The number of piperidine rings is 2. The summed E-state index contributed by atoms with van der Waals surface area (Å²) in [6.45, 7) is 4.66. The van der Waals surface area contributed by atoms with Gasteiger partial charge >= 0.3 is 0 Å². The zero-order valence-corrected chi connectivity index (χ0v) is 12.6. The Labute approximate surface area is 125 Å². The van der Waals surface area contributed by atoms with Crippen LogP contribution < -0.4 is 5.73 Å². The van der Waals surface area contributed by atoms with Gasteiger partial charge in [0.15, 0.2) is 0 Å². The lowest BCUT2D eigenvalue weighted by atomic mass is 9.95. The maximum atomic E-state index is 12.6. The molecule has 0 radical (unpaired) electrons. The van der Waals surface area contributed by atoms with E-state index >= 15 is 0 Å². The Morgan fingerprint density at radius 3 is 2.48 bits per heavy atom. The molecular weight excluding hydrogens is 268 g/mol. The molecule has 0 aromatic rings. The largest absolute Gasteiger partial charge is 0.369 e. The van der Waals surface area contributed by atoms with Gasteiger partial charge in [0.25, 0.3) is 0 Å². The average Bonchev–Trinajstić information content (AvgIpc) is 2.53. The molecule has 2 fully saturated rings. The van der Waals surface area contributed by atoms with Gasteiger partial charge in [0.1, 0.15) is 0 Å². The number of carbonyl (C=O) groups is 2. The van der Waals surface area contributed by atoms with Gasteiger partial charge in [-0.15, -0.1) is 0 Å². The van der Waals surface area contributed by atoms with Crippen molar-refractivity contribution in [2.24, 2.45) is 17.6 Å². The number of primary amides is 1. The molecule has 2 rings (SSSR count). The maximum absolute atomic E-state index is 12.6. The average molecular weight is 292 g/mol. The summed E-state index contributed by atoms with van der Waals surface area (Å²) in [6.07, 6.45) is 3.28. The van der Waals surface area contributed by atoms with Crippen LogP contribution in [-0.4, -0.2) is 53.8 Å². The number of rotatable bonds is 3. The summed E-state index contributed by atoms with van der Waals surface area (Å²) >= 11 is 0. The van der Waals surface area contributed by atoms with E-state index < -0.39 is 0 Å². The van der Waals surface area contributed by atoms with Crippen LogP contribution in [0.3, 0.4) is 0 Å². The normalized spacial score (nSPS) is 26.1. The number of nitriles is 1. The summed E-state index contributed by atoms with van der Waals surface area (Å²) in [4.78, 5) is 27.8. The summed E-state index contributed by atoms with van der Waals surface area (Å²) in [5.74, 6) is -0.316. The van der Waals surface area contributed by atoms with Crippen LogP contribution in [0.15, 0.2) is 0 Å². The standard InChI is InChI=1S/C15H24N4O2/c1-11(18-7-4-12(9-16)5-8-18)15(21)19-6-2-3-13(10-19)14(17)20/h11-13H,2-8,10H2,1H3,(H2,17,20). The van der Waals surface area contributed by atoms with Crippen molar-refractivity contribution in [3.8, 4) is 6.07 Å². The highest BCUT2D eigenvalue weighted by molar-refractivity contribution is 5.83. The highest BCUT2D eigenvalue weighted by atomic mass is 16.2. The molecule has 0 spiro atoms. The molecule has 0 aromatic heterocycles. The summed E-state index contributed by atoms with van der Waals surface area (Å²) in [7, 11) is 0. The molecule has 0 aromatic carbocycles. The molecule has 0 aliphatic carbocycles. The van der Waals surface area contributed by atoms with Crippen molar-refractivity contribution in [2.75, 3.05) is 26.2 Å². The molecule has 2 N–H and O–H groups in total. The maximum Gasteiger partial charge on any atom is 0.239 e. The molecule has 2 atom stereocenters. The number of nitrogens with zero attached hydrogens (tertiary/aromatic N) is 3. The third-order valence-corrected chi connectivity index (χ3v) is 4.75. The van der Waals surface area contributed by atoms with Crippen molar-refractivity contribution in [1.82, 2.24) is 9.80 Å². The first-order chi connectivity index (χ1) is 10.0. The fraction of sp³-hybridized carbons (Fsp3) is 0.800. The molecule has 6 nitrogen and oxygen atoms in total. The zero-order chi connectivity index (χ0) is 15.4. The lowest BCUT2D eigenvalue weighted by Crippen LogP contribution is -2.53. The molecule has 2 aliphatic heterocycles. The molecule has 2 saturated heterocycles. The van der Waals surface area contributed by atoms with Crippen molar-refractivity contribution in [1.29, 1.82) is 5.26 Å². The van der Waals surface area contributed by atoms with Gasteiger partial charge in [-0.3, -0.25) is 14.5 Å². The van der Waals surface area contributed by atoms with E-state index in [4.69, 9.17) is 11.0 Å². The molecule has 0 bridgehead atoms. The number of nitrogens with two attached hydrogens (primary N) is 1. The summed E-state index contributed by atoms with van der Waals surface area (Å²) in [5, 5.41) is 8.92. The monoisotopic (exact) mass is 292 g/mol. The first kappa shape index (κ1) is 15.8. The van der Waals surface area contributed by atoms with Gasteiger partial charge in [0.2, 0.25) is 11.8 Å². The number of carbonyl (C=O) groups excluding carboxylic acids is 2. The van der Waals surface area contributed by atoms with E-state index in [2.05, 4.69) is 11.0 Å². The van der Waals surface area contributed by atoms with E-state index in [1.54, 1.807) is 4.90 Å². The molecule has 2 unspecified atom stereocenters. The van der Waals surface area contributed by atoms with Gasteiger partial charge in [-0.1, -0.05) is 0 Å². The van der Waals surface area contributed by atoms with Crippen LogP contribution in [0.25, 0.3) is 0 Å². The predicted octanol–water partition coefficient (Wildman–Crippen LogP) is 0.334. The van der Waals surface area contributed by atoms with E-state index in [-0.39, 0.29) is 29.7 Å². The van der Waals surface area contributed by atoms with Crippen LogP contribution in [0.5, 0.6) is 0 Å². The minimum absolute atomic E-state index is 0.0800. The zero-order valence-electron chi connectivity index (χ0n) is 12.6. The Morgan fingerprint density at radius 1 is 1.24 bits per heavy atom. The lowest BCUT2D eigenvalue weighted by molar-refractivity contribution is -0.140. The predicted molar refractivity (Wildman–Crippen MR) is 77.9 cm³/mol. The van der Waals surface area contributed by atoms with Crippen molar-refractivity contribution in [2.45, 2.75) is 38.6 Å². The van der Waals surface area contributed by atoms with Crippen LogP contribution in [0.1, 0.15) is 32.6 Å². The fourth-order valence-corrected chi connectivity index (χ4v) is 3.25. The third-order valence-electron chi connectivity index (χ3n) is 4.75. The molecule has 2 amide bonds. The second-order valence-electron chi connectivity index (χ2n) is 6.14. The Balaban J connectivity index is 1.90. The fourth-order valence-electron chi connectivity index (χ4n) is 3.25. The Bertz CT molecular complexity index is 437. The number of hydrogen-bond acceptors (Lipinski definition) is 4. The second kappa shape index (κ2) is 6.90. The summed E-state index contributed by atoms with van der Waals surface area (Å²) in [5.41, 5.74) is 5.36. The highest BCUT2D eigenvalue weighted by Crippen LogP contribution is 2.21. The van der Waals surface area contributed by atoms with Gasteiger partial charge in [0.05, 0.1) is 18.0 Å². The Kier molecular flexibility index (Phi) is 5.18. The summed E-state index contributed by atoms with van der Waals surface area (Å²) < 4.78 is 0. The number of amides is 2. The van der Waals surface area contributed by atoms with Crippen molar-refractivity contribution in [3.05, 3.63) is 0 Å². The smallest absolute Gasteiger partial charge is 0.239 e. The Hall–Kier alpha value is -1.61. The minimum atomic E-state index is -0.310. The number of hydrogen-bond donors (Lipinski definition) is 1. The molecule has 2 heterocycles. The van der Waals surface area contributed by atoms with Crippen LogP contribution in [0, 0.1) is 23.2 Å². The first-order valence-electron chi connectivity index (χ1n) is 7.74. The van der Waals surface area contributed by atoms with Gasteiger partial charge in [-0.2, -0.15) is 5.26 Å². The minimum Gasteiger partial charge on any atom is -0.369 e. The molecule has 0 saturated carbocycles. The van der Waals surface area contributed by atoms with Crippen LogP contribution in [0.2, 0.25) is 0 Å².